The summed E-state index contributed by atoms with van der Waals surface area (Å²) < 4.78 is 0. The first kappa shape index (κ1) is 14.1. The van der Waals surface area contributed by atoms with Crippen LogP contribution in [-0.4, -0.2) is 29.6 Å². The first-order valence-corrected chi connectivity index (χ1v) is 8.36. The highest BCUT2D eigenvalue weighted by Crippen LogP contribution is 2.39. The highest BCUT2D eigenvalue weighted by Gasteiger charge is 2.44. The van der Waals surface area contributed by atoms with Crippen LogP contribution in [0, 0.1) is 0 Å². The first-order chi connectivity index (χ1) is 9.81. The average Bonchev–Trinajstić information content (AvgIpc) is 3.00. The Labute approximate surface area is 123 Å². The molecular weight excluding hydrogens is 244 g/mol. The molecule has 1 aromatic rings. The molecule has 1 saturated heterocycles. The molecule has 110 valence electrons. The van der Waals surface area contributed by atoms with Crippen LogP contribution in [0.2, 0.25) is 0 Å². The summed E-state index contributed by atoms with van der Waals surface area (Å²) in [6, 6.07) is 11.1. The number of hydrogen-bond donors (Lipinski definition) is 1. The molecule has 1 atom stereocenters. The molecule has 0 radical (unpaired) electrons. The molecule has 1 aliphatic heterocycles. The zero-order valence-electron chi connectivity index (χ0n) is 12.6. The lowest BCUT2D eigenvalue weighted by Crippen LogP contribution is -2.60. The van der Waals surface area contributed by atoms with E-state index >= 15 is 0 Å². The molecule has 2 fully saturated rings. The Morgan fingerprint density at radius 2 is 1.60 bits per heavy atom. The molecule has 2 nitrogen and oxygen atoms in total. The fraction of sp³-hybridized carbons (Fsp3) is 0.667. The van der Waals surface area contributed by atoms with Gasteiger partial charge < -0.3 is 5.73 Å². The van der Waals surface area contributed by atoms with Crippen molar-refractivity contribution >= 4 is 0 Å². The van der Waals surface area contributed by atoms with Crippen molar-refractivity contribution in [1.29, 1.82) is 0 Å². The summed E-state index contributed by atoms with van der Waals surface area (Å²) >= 11 is 0. The highest BCUT2D eigenvalue weighted by atomic mass is 15.2. The molecular formula is C18H28N2. The molecule has 1 heterocycles. The minimum atomic E-state index is 0.283. The quantitative estimate of drug-likeness (QED) is 0.910. The molecule has 3 rings (SSSR count). The van der Waals surface area contributed by atoms with Gasteiger partial charge in [-0.3, -0.25) is 4.90 Å². The Hall–Kier alpha value is -0.860. The summed E-state index contributed by atoms with van der Waals surface area (Å²) in [6.45, 7) is 2.53. The van der Waals surface area contributed by atoms with Gasteiger partial charge in [-0.15, -0.1) is 0 Å². The fourth-order valence-electron chi connectivity index (χ4n) is 4.31. The van der Waals surface area contributed by atoms with Crippen molar-refractivity contribution in [2.24, 2.45) is 5.73 Å². The monoisotopic (exact) mass is 272 g/mol. The minimum absolute atomic E-state index is 0.283. The number of nitrogens with two attached hydrogens (primary N) is 1. The number of hydrogen-bond acceptors (Lipinski definition) is 2. The predicted octanol–water partition coefficient (Wildman–Crippen LogP) is 3.36. The zero-order chi connectivity index (χ0) is 13.8. The Bertz CT molecular complexity index is 403. The molecule has 2 heteroatoms. The molecule has 1 aliphatic carbocycles. The van der Waals surface area contributed by atoms with Gasteiger partial charge in [0.05, 0.1) is 0 Å². The molecule has 2 N–H and O–H groups in total. The smallest absolute Gasteiger partial charge is 0.0363 e. The van der Waals surface area contributed by atoms with Gasteiger partial charge in [0.15, 0.2) is 0 Å². The second-order valence-corrected chi connectivity index (χ2v) is 6.65. The van der Waals surface area contributed by atoms with Gasteiger partial charge >= 0.3 is 0 Å². The Morgan fingerprint density at radius 3 is 2.25 bits per heavy atom. The summed E-state index contributed by atoms with van der Waals surface area (Å²) in [5.41, 5.74) is 8.42. The second kappa shape index (κ2) is 6.28. The van der Waals surface area contributed by atoms with Crippen molar-refractivity contribution in [1.82, 2.24) is 4.90 Å². The normalized spacial score (nSPS) is 24.6. The second-order valence-electron chi connectivity index (χ2n) is 6.65. The summed E-state index contributed by atoms with van der Waals surface area (Å²) in [6.07, 6.45) is 10.5. The Kier molecular flexibility index (Phi) is 4.42. The van der Waals surface area contributed by atoms with Gasteiger partial charge in [-0.05, 0) is 50.8 Å². The van der Waals surface area contributed by atoms with Gasteiger partial charge in [0.2, 0.25) is 0 Å². The van der Waals surface area contributed by atoms with Gasteiger partial charge in [-0.25, -0.2) is 0 Å². The van der Waals surface area contributed by atoms with Crippen molar-refractivity contribution in [3.8, 4) is 0 Å². The maximum atomic E-state index is 6.74. The Balaban J connectivity index is 1.75. The molecule has 2 aliphatic rings. The molecule has 1 aromatic carbocycles. The van der Waals surface area contributed by atoms with E-state index in [0.717, 1.165) is 6.42 Å². The highest BCUT2D eigenvalue weighted by molar-refractivity contribution is 5.18. The van der Waals surface area contributed by atoms with E-state index in [9.17, 15) is 0 Å². The number of likely N-dealkylation sites (tertiary alicyclic amines) is 1. The molecule has 0 amide bonds. The van der Waals surface area contributed by atoms with Crippen LogP contribution in [0.25, 0.3) is 0 Å². The average molecular weight is 272 g/mol. The number of nitrogens with zero attached hydrogens (tertiary/aromatic N) is 1. The van der Waals surface area contributed by atoms with E-state index in [0.29, 0.717) is 0 Å². The molecule has 0 bridgehead atoms. The van der Waals surface area contributed by atoms with Crippen LogP contribution in [0.4, 0.5) is 0 Å². The predicted molar refractivity (Wildman–Crippen MR) is 84.7 cm³/mol. The van der Waals surface area contributed by atoms with E-state index in [1.807, 2.05) is 0 Å². The summed E-state index contributed by atoms with van der Waals surface area (Å²) in [7, 11) is 0. The first-order valence-electron chi connectivity index (χ1n) is 8.36. The lowest BCUT2D eigenvalue weighted by atomic mass is 9.82. The van der Waals surface area contributed by atoms with Crippen LogP contribution in [0.3, 0.4) is 0 Å². The third-order valence-corrected chi connectivity index (χ3v) is 5.44. The molecule has 0 spiro atoms. The van der Waals surface area contributed by atoms with Crippen molar-refractivity contribution in [2.75, 3.05) is 13.1 Å². The lowest BCUT2D eigenvalue weighted by molar-refractivity contribution is 0.0482. The van der Waals surface area contributed by atoms with Crippen LogP contribution in [-0.2, 0) is 6.42 Å². The minimum Gasteiger partial charge on any atom is -0.326 e. The van der Waals surface area contributed by atoms with Gasteiger partial charge in [0.1, 0.15) is 0 Å². The van der Waals surface area contributed by atoms with E-state index in [4.69, 9.17) is 5.73 Å². The number of piperidine rings is 1. The van der Waals surface area contributed by atoms with E-state index in [-0.39, 0.29) is 11.6 Å². The van der Waals surface area contributed by atoms with Crippen LogP contribution in [0.15, 0.2) is 30.3 Å². The van der Waals surface area contributed by atoms with Crippen LogP contribution < -0.4 is 5.73 Å². The summed E-state index contributed by atoms with van der Waals surface area (Å²) in [4.78, 5) is 2.75. The fourth-order valence-corrected chi connectivity index (χ4v) is 4.31. The Morgan fingerprint density at radius 1 is 0.950 bits per heavy atom. The van der Waals surface area contributed by atoms with Gasteiger partial charge in [0, 0.05) is 11.6 Å². The van der Waals surface area contributed by atoms with Crippen molar-refractivity contribution < 1.29 is 0 Å². The maximum Gasteiger partial charge on any atom is 0.0363 e. The third kappa shape index (κ3) is 2.77. The van der Waals surface area contributed by atoms with E-state index in [1.165, 1.54) is 63.6 Å². The molecule has 1 unspecified atom stereocenters. The van der Waals surface area contributed by atoms with Gasteiger partial charge in [0.25, 0.3) is 0 Å². The van der Waals surface area contributed by atoms with Gasteiger partial charge in [-0.1, -0.05) is 49.6 Å². The van der Waals surface area contributed by atoms with E-state index < -0.39 is 0 Å². The molecule has 0 aromatic heterocycles. The van der Waals surface area contributed by atoms with Gasteiger partial charge in [-0.2, -0.15) is 0 Å². The standard InChI is InChI=1S/C18H28N2/c19-17(15-16-9-3-1-4-10-16)18(11-5-6-12-18)20-13-7-2-8-14-20/h1,3-4,9-10,17H,2,5-8,11-15,19H2. The molecule has 1 saturated carbocycles. The SMILES string of the molecule is NC(Cc1ccccc1)C1(N2CCCCC2)CCCC1. The largest absolute Gasteiger partial charge is 0.326 e. The van der Waals surface area contributed by atoms with Crippen LogP contribution in [0.1, 0.15) is 50.5 Å². The zero-order valence-corrected chi connectivity index (χ0v) is 12.6. The third-order valence-electron chi connectivity index (χ3n) is 5.44. The summed E-state index contributed by atoms with van der Waals surface area (Å²) in [5, 5.41) is 0. The van der Waals surface area contributed by atoms with Crippen molar-refractivity contribution in [2.45, 2.75) is 62.9 Å². The van der Waals surface area contributed by atoms with Crippen LogP contribution >= 0.6 is 0 Å². The molecule has 20 heavy (non-hydrogen) atoms. The van der Waals surface area contributed by atoms with E-state index in [2.05, 4.69) is 35.2 Å². The van der Waals surface area contributed by atoms with E-state index in [1.54, 1.807) is 0 Å². The van der Waals surface area contributed by atoms with Crippen molar-refractivity contribution in [3.63, 3.8) is 0 Å². The summed E-state index contributed by atoms with van der Waals surface area (Å²) in [5.74, 6) is 0. The number of benzene rings is 1. The topological polar surface area (TPSA) is 29.3 Å². The van der Waals surface area contributed by atoms with Crippen molar-refractivity contribution in [3.05, 3.63) is 35.9 Å². The lowest BCUT2D eigenvalue weighted by Gasteiger charge is -2.47. The van der Waals surface area contributed by atoms with Crippen LogP contribution in [0.5, 0.6) is 0 Å². The number of rotatable bonds is 4. The maximum absolute atomic E-state index is 6.74.